The van der Waals surface area contributed by atoms with Gasteiger partial charge in [-0.3, -0.25) is 4.79 Å². The molecule has 1 aromatic heterocycles. The number of allylic oxidation sites excluding steroid dienone is 8. The molecule has 0 atom stereocenters. The SMILES string of the molecule is CC(C)c1cc(C=C2C(=O)C(C=C3C=C(CC(C)(C)C)SC(CC(C)(C)C)=C3)=C2O)cc(C(C)C)[s+]1. The van der Waals surface area contributed by atoms with E-state index in [2.05, 4.69) is 93.5 Å². The van der Waals surface area contributed by atoms with Crippen molar-refractivity contribution in [2.45, 2.75) is 93.9 Å². The molecule has 1 aliphatic carbocycles. The number of aliphatic hydroxyl groups is 1. The summed E-state index contributed by atoms with van der Waals surface area (Å²) < 4.78 is 0. The molecule has 0 fully saturated rings. The van der Waals surface area contributed by atoms with Crippen molar-refractivity contribution < 1.29 is 9.90 Å². The highest BCUT2D eigenvalue weighted by Crippen LogP contribution is 2.44. The van der Waals surface area contributed by atoms with Crippen LogP contribution in [0.2, 0.25) is 0 Å². The second kappa shape index (κ2) is 10.8. The van der Waals surface area contributed by atoms with Gasteiger partial charge in [0.15, 0.2) is 0 Å². The van der Waals surface area contributed by atoms with Gasteiger partial charge in [0.05, 0.1) is 11.1 Å². The van der Waals surface area contributed by atoms with Crippen LogP contribution in [0.4, 0.5) is 0 Å². The summed E-state index contributed by atoms with van der Waals surface area (Å²) in [6.45, 7) is 22.3. The first-order chi connectivity index (χ1) is 16.5. The van der Waals surface area contributed by atoms with Gasteiger partial charge in [0.2, 0.25) is 26.9 Å². The lowest BCUT2D eigenvalue weighted by Gasteiger charge is -2.27. The van der Waals surface area contributed by atoms with E-state index >= 15 is 0 Å². The van der Waals surface area contributed by atoms with Gasteiger partial charge in [-0.15, -0.1) is 0 Å². The van der Waals surface area contributed by atoms with Gasteiger partial charge < -0.3 is 5.11 Å². The van der Waals surface area contributed by atoms with Crippen molar-refractivity contribution in [2.24, 2.45) is 10.8 Å². The summed E-state index contributed by atoms with van der Waals surface area (Å²) in [5.74, 6) is 0.853. The van der Waals surface area contributed by atoms with Crippen LogP contribution < -0.4 is 0 Å². The van der Waals surface area contributed by atoms with Crippen LogP contribution in [-0.2, 0) is 4.79 Å². The largest absolute Gasteiger partial charge is 0.506 e. The maximum Gasteiger partial charge on any atom is 0.218 e. The summed E-state index contributed by atoms with van der Waals surface area (Å²) in [6, 6.07) is 4.29. The zero-order valence-corrected chi connectivity index (χ0v) is 25.3. The summed E-state index contributed by atoms with van der Waals surface area (Å²) in [4.78, 5) is 18.3. The second-order valence-corrected chi connectivity index (χ2v) is 15.5. The van der Waals surface area contributed by atoms with Gasteiger partial charge in [0.25, 0.3) is 0 Å². The van der Waals surface area contributed by atoms with Gasteiger partial charge in [-0.2, -0.15) is 0 Å². The number of Topliss-reactive ketones (excluding diaryl/α,β-unsaturated/α-hetero) is 1. The van der Waals surface area contributed by atoms with Crippen molar-refractivity contribution in [1.82, 2.24) is 0 Å². The predicted octanol–water partition coefficient (Wildman–Crippen LogP) is 10.4. The molecule has 0 unspecified atom stereocenters. The summed E-state index contributed by atoms with van der Waals surface area (Å²) in [5.41, 5.74) is 3.15. The fourth-order valence-electron chi connectivity index (χ4n) is 4.21. The minimum Gasteiger partial charge on any atom is -0.506 e. The highest BCUT2D eigenvalue weighted by molar-refractivity contribution is 8.06. The van der Waals surface area contributed by atoms with E-state index in [0.29, 0.717) is 23.0 Å². The Labute approximate surface area is 227 Å². The lowest BCUT2D eigenvalue weighted by Crippen LogP contribution is -2.21. The highest BCUT2D eigenvalue weighted by Gasteiger charge is 2.33. The average Bonchev–Trinajstić information content (AvgIpc) is 2.72. The van der Waals surface area contributed by atoms with Gasteiger partial charge in [-0.25, -0.2) is 0 Å². The maximum atomic E-state index is 13.1. The van der Waals surface area contributed by atoms with E-state index in [4.69, 9.17) is 0 Å². The van der Waals surface area contributed by atoms with Crippen LogP contribution in [0, 0.1) is 10.8 Å². The predicted molar refractivity (Wildman–Crippen MR) is 160 cm³/mol. The zero-order chi connectivity index (χ0) is 27.0. The molecule has 0 spiro atoms. The monoisotopic (exact) mass is 523 g/mol. The summed E-state index contributed by atoms with van der Waals surface area (Å²) >= 11 is 3.69. The molecule has 0 amide bonds. The topological polar surface area (TPSA) is 37.3 Å². The number of carbonyl (C=O) groups excluding carboxylic acids is 1. The van der Waals surface area contributed by atoms with E-state index in [0.717, 1.165) is 24.0 Å². The van der Waals surface area contributed by atoms with E-state index in [9.17, 15) is 9.90 Å². The van der Waals surface area contributed by atoms with E-state index < -0.39 is 0 Å². The zero-order valence-electron chi connectivity index (χ0n) is 23.7. The van der Waals surface area contributed by atoms with Gasteiger partial charge >= 0.3 is 0 Å². The first kappa shape index (κ1) is 28.7. The van der Waals surface area contributed by atoms with Gasteiger partial charge in [0, 0.05) is 24.0 Å². The van der Waals surface area contributed by atoms with Crippen LogP contribution in [0.15, 0.2) is 62.6 Å². The molecule has 2 nitrogen and oxygen atoms in total. The Morgan fingerprint density at radius 2 is 1.33 bits per heavy atom. The number of thioether (sulfide) groups is 1. The molecule has 0 radical (unpaired) electrons. The third-order valence-electron chi connectivity index (χ3n) is 5.94. The Kier molecular flexibility index (Phi) is 8.62. The van der Waals surface area contributed by atoms with Crippen molar-refractivity contribution in [3.8, 4) is 0 Å². The number of ketones is 1. The number of hydrogen-bond donors (Lipinski definition) is 1. The Morgan fingerprint density at radius 3 is 1.72 bits per heavy atom. The molecule has 1 N–H and O–H groups in total. The van der Waals surface area contributed by atoms with Crippen LogP contribution in [0.3, 0.4) is 0 Å². The van der Waals surface area contributed by atoms with Crippen molar-refractivity contribution in [2.75, 3.05) is 0 Å². The summed E-state index contributed by atoms with van der Waals surface area (Å²) in [7, 11) is 0. The molecular formula is C32H43O2S2+. The molecule has 194 valence electrons. The minimum atomic E-state index is -0.0838. The molecule has 1 aliphatic heterocycles. The molecule has 1 aromatic rings. The van der Waals surface area contributed by atoms with Crippen molar-refractivity contribution in [3.05, 3.63) is 78.0 Å². The molecule has 0 saturated carbocycles. The first-order valence-corrected chi connectivity index (χ1v) is 14.6. The van der Waals surface area contributed by atoms with E-state index in [1.807, 2.05) is 35.3 Å². The highest BCUT2D eigenvalue weighted by atomic mass is 32.2. The van der Waals surface area contributed by atoms with E-state index in [1.165, 1.54) is 19.6 Å². The quantitative estimate of drug-likeness (QED) is 0.298. The van der Waals surface area contributed by atoms with Crippen molar-refractivity contribution in [1.29, 1.82) is 0 Å². The molecular weight excluding hydrogens is 480 g/mol. The Hall–Kier alpha value is -1.91. The smallest absolute Gasteiger partial charge is 0.218 e. The van der Waals surface area contributed by atoms with Crippen LogP contribution in [0.25, 0.3) is 6.08 Å². The Morgan fingerprint density at radius 1 is 0.861 bits per heavy atom. The second-order valence-electron chi connectivity index (χ2n) is 13.1. The van der Waals surface area contributed by atoms with Crippen molar-refractivity contribution in [3.63, 3.8) is 0 Å². The fraction of sp³-hybridized carbons (Fsp3) is 0.500. The van der Waals surface area contributed by atoms with Crippen LogP contribution in [0.1, 0.15) is 109 Å². The number of carbonyl (C=O) groups is 1. The normalized spacial score (nSPS) is 18.2. The fourth-order valence-corrected chi connectivity index (χ4v) is 7.08. The Balaban J connectivity index is 1.98. The van der Waals surface area contributed by atoms with Gasteiger partial charge in [0.1, 0.15) is 5.76 Å². The lowest BCUT2D eigenvalue weighted by molar-refractivity contribution is -0.113. The number of hydrogen-bond acceptors (Lipinski definition) is 3. The standard InChI is InChI=1S/C32H42O2S2/c1-19(2)27-15-22(16-28(36-27)20(3)4)14-26-29(33)25(30(26)34)13-21-11-23(17-31(5,6)7)35-24(12-21)18-32(8,9)10/h11-16,19-20H,17-18H2,1-10H3/p+1. The Bertz CT molecular complexity index is 1130. The molecule has 0 aromatic carbocycles. The van der Waals surface area contributed by atoms with Crippen LogP contribution in [-0.4, -0.2) is 10.9 Å². The van der Waals surface area contributed by atoms with Gasteiger partial charge in [-0.05, 0) is 68.9 Å². The third-order valence-corrected chi connectivity index (χ3v) is 8.64. The van der Waals surface area contributed by atoms with E-state index in [1.54, 1.807) is 0 Å². The van der Waals surface area contributed by atoms with Crippen molar-refractivity contribution >= 4 is 35.0 Å². The molecule has 0 saturated heterocycles. The molecule has 36 heavy (non-hydrogen) atoms. The third kappa shape index (κ3) is 7.55. The molecule has 2 heterocycles. The number of rotatable bonds is 6. The van der Waals surface area contributed by atoms with Crippen LogP contribution >= 0.6 is 23.1 Å². The molecule has 2 aliphatic rings. The molecule has 4 heteroatoms. The molecule has 3 rings (SSSR count). The molecule has 0 bridgehead atoms. The first-order valence-electron chi connectivity index (χ1n) is 13.0. The average molecular weight is 524 g/mol. The maximum absolute atomic E-state index is 13.1. The summed E-state index contributed by atoms with van der Waals surface area (Å²) in [5, 5.41) is 10.9. The summed E-state index contributed by atoms with van der Waals surface area (Å²) in [6.07, 6.45) is 10.0. The number of aliphatic hydroxyl groups excluding tert-OH is 1. The van der Waals surface area contributed by atoms with Crippen LogP contribution in [0.5, 0.6) is 0 Å². The minimum absolute atomic E-state index is 0.0838. The van der Waals surface area contributed by atoms with E-state index in [-0.39, 0.29) is 22.4 Å². The lowest BCUT2D eigenvalue weighted by atomic mass is 9.85. The van der Waals surface area contributed by atoms with Gasteiger partial charge in [-0.1, -0.05) is 81.0 Å².